The summed E-state index contributed by atoms with van der Waals surface area (Å²) in [6.07, 6.45) is 8.09. The van der Waals surface area contributed by atoms with Crippen LogP contribution in [0.15, 0.2) is 0 Å². The standard InChI is InChI=1S/C17H29NO4S2/c1-2-21-17(20)18-13-7-9-14(10-8-13)22-16(19)6-4-3-5-15-11-12-23-24-15/h13-15H,2-12H2,1H3,(H,18,20)/t13?,14?,15-/m0/s1. The van der Waals surface area contributed by atoms with Crippen molar-refractivity contribution < 1.29 is 19.1 Å². The van der Waals surface area contributed by atoms with Crippen LogP contribution < -0.4 is 5.32 Å². The number of hydrogen-bond acceptors (Lipinski definition) is 6. The van der Waals surface area contributed by atoms with Crippen molar-refractivity contribution in [3.05, 3.63) is 0 Å². The number of carbonyl (C=O) groups is 2. The number of amides is 1. The second-order valence-electron chi connectivity index (χ2n) is 6.40. The van der Waals surface area contributed by atoms with Crippen LogP contribution >= 0.6 is 21.6 Å². The molecule has 1 aliphatic carbocycles. The van der Waals surface area contributed by atoms with E-state index in [0.717, 1.165) is 43.8 Å². The van der Waals surface area contributed by atoms with Gasteiger partial charge in [0.1, 0.15) is 6.10 Å². The Kier molecular flexibility index (Phi) is 9.17. The van der Waals surface area contributed by atoms with Gasteiger partial charge in [0.05, 0.1) is 6.61 Å². The van der Waals surface area contributed by atoms with E-state index in [1.807, 2.05) is 21.6 Å². The summed E-state index contributed by atoms with van der Waals surface area (Å²) in [7, 11) is 3.97. The molecule has 138 valence electrons. The van der Waals surface area contributed by atoms with Crippen LogP contribution in [-0.2, 0) is 14.3 Å². The first-order valence-corrected chi connectivity index (χ1v) is 11.5. The van der Waals surface area contributed by atoms with Crippen molar-refractivity contribution >= 4 is 33.7 Å². The van der Waals surface area contributed by atoms with Gasteiger partial charge in [-0.2, -0.15) is 0 Å². The summed E-state index contributed by atoms with van der Waals surface area (Å²) in [5, 5.41) is 3.64. The number of nitrogens with one attached hydrogen (secondary N) is 1. The molecule has 0 bridgehead atoms. The van der Waals surface area contributed by atoms with E-state index in [1.165, 1.54) is 18.6 Å². The molecule has 2 rings (SSSR count). The van der Waals surface area contributed by atoms with Crippen LogP contribution in [0.5, 0.6) is 0 Å². The molecule has 5 nitrogen and oxygen atoms in total. The molecule has 0 aromatic carbocycles. The molecule has 24 heavy (non-hydrogen) atoms. The smallest absolute Gasteiger partial charge is 0.407 e. The van der Waals surface area contributed by atoms with Crippen LogP contribution in [0.25, 0.3) is 0 Å². The zero-order chi connectivity index (χ0) is 17.2. The Bertz CT molecular complexity index is 394. The van der Waals surface area contributed by atoms with Crippen LogP contribution in [0.1, 0.15) is 64.7 Å². The third kappa shape index (κ3) is 7.55. The molecule has 0 aromatic rings. The van der Waals surface area contributed by atoms with Gasteiger partial charge in [-0.25, -0.2) is 4.79 Å². The van der Waals surface area contributed by atoms with E-state index in [-0.39, 0.29) is 24.2 Å². The first-order chi connectivity index (χ1) is 11.7. The molecule has 1 heterocycles. The molecule has 1 saturated carbocycles. The van der Waals surface area contributed by atoms with E-state index in [2.05, 4.69) is 5.32 Å². The number of unbranched alkanes of at least 4 members (excludes halogenated alkanes) is 1. The highest BCUT2D eigenvalue weighted by atomic mass is 33.1. The predicted molar refractivity (Wildman–Crippen MR) is 99.2 cm³/mol. The lowest BCUT2D eigenvalue weighted by Gasteiger charge is -2.28. The summed E-state index contributed by atoms with van der Waals surface area (Å²) >= 11 is 0. The van der Waals surface area contributed by atoms with Crippen LogP contribution in [0.2, 0.25) is 0 Å². The maximum Gasteiger partial charge on any atom is 0.407 e. The van der Waals surface area contributed by atoms with Gasteiger partial charge < -0.3 is 14.8 Å². The Morgan fingerprint density at radius 2 is 1.92 bits per heavy atom. The third-order valence-electron chi connectivity index (χ3n) is 4.45. The zero-order valence-corrected chi connectivity index (χ0v) is 16.1. The summed E-state index contributed by atoms with van der Waals surface area (Å²) < 4.78 is 10.5. The number of carbonyl (C=O) groups excluding carboxylic acids is 2. The van der Waals surface area contributed by atoms with Gasteiger partial charge in [-0.05, 0) is 51.9 Å². The molecular formula is C17H29NO4S2. The second kappa shape index (κ2) is 11.1. The molecular weight excluding hydrogens is 346 g/mol. The molecule has 0 spiro atoms. The van der Waals surface area contributed by atoms with Gasteiger partial charge in [0.25, 0.3) is 0 Å². The summed E-state index contributed by atoms with van der Waals surface area (Å²) in [5.74, 6) is 1.20. The minimum atomic E-state index is -0.350. The van der Waals surface area contributed by atoms with Crippen molar-refractivity contribution in [2.45, 2.75) is 82.1 Å². The van der Waals surface area contributed by atoms with Crippen LogP contribution in [0.3, 0.4) is 0 Å². The molecule has 2 aliphatic rings. The molecule has 2 fully saturated rings. The van der Waals surface area contributed by atoms with Crippen molar-refractivity contribution in [3.8, 4) is 0 Å². The van der Waals surface area contributed by atoms with Crippen molar-refractivity contribution in [2.75, 3.05) is 12.4 Å². The van der Waals surface area contributed by atoms with Crippen LogP contribution in [0, 0.1) is 0 Å². The lowest BCUT2D eigenvalue weighted by atomic mass is 9.93. The predicted octanol–water partition coefficient (Wildman–Crippen LogP) is 4.30. The van der Waals surface area contributed by atoms with Gasteiger partial charge >= 0.3 is 12.1 Å². The van der Waals surface area contributed by atoms with Gasteiger partial charge in [-0.3, -0.25) is 4.79 Å². The summed E-state index contributed by atoms with van der Waals surface area (Å²) in [4.78, 5) is 23.3. The Labute approximate surface area is 152 Å². The number of alkyl carbamates (subject to hydrolysis) is 1. The van der Waals surface area contributed by atoms with Gasteiger partial charge in [-0.1, -0.05) is 28.0 Å². The summed E-state index contributed by atoms with van der Waals surface area (Å²) in [5.41, 5.74) is 0. The lowest BCUT2D eigenvalue weighted by molar-refractivity contribution is -0.150. The molecule has 0 unspecified atom stereocenters. The minimum Gasteiger partial charge on any atom is -0.462 e. The number of ether oxygens (including phenoxy) is 2. The summed E-state index contributed by atoms with van der Waals surface area (Å²) in [6, 6.07) is 0.140. The van der Waals surface area contributed by atoms with Crippen molar-refractivity contribution in [1.82, 2.24) is 5.32 Å². The van der Waals surface area contributed by atoms with Crippen molar-refractivity contribution in [3.63, 3.8) is 0 Å². The van der Waals surface area contributed by atoms with Gasteiger partial charge in [0, 0.05) is 23.5 Å². The van der Waals surface area contributed by atoms with Crippen LogP contribution in [0.4, 0.5) is 4.79 Å². The maximum absolute atomic E-state index is 11.9. The molecule has 7 heteroatoms. The minimum absolute atomic E-state index is 0.0135. The largest absolute Gasteiger partial charge is 0.462 e. The molecule has 1 saturated heterocycles. The fourth-order valence-corrected chi connectivity index (χ4v) is 6.14. The lowest BCUT2D eigenvalue weighted by Crippen LogP contribution is -2.39. The molecule has 0 aromatic heterocycles. The van der Waals surface area contributed by atoms with Crippen LogP contribution in [-0.4, -0.2) is 41.8 Å². The van der Waals surface area contributed by atoms with Gasteiger partial charge in [0.2, 0.25) is 0 Å². The molecule has 1 atom stereocenters. The monoisotopic (exact) mass is 375 g/mol. The van der Waals surface area contributed by atoms with E-state index >= 15 is 0 Å². The first-order valence-electron chi connectivity index (χ1n) is 9.08. The van der Waals surface area contributed by atoms with E-state index < -0.39 is 0 Å². The highest BCUT2D eigenvalue weighted by Gasteiger charge is 2.25. The quantitative estimate of drug-likeness (QED) is 0.388. The van der Waals surface area contributed by atoms with Gasteiger partial charge in [-0.15, -0.1) is 0 Å². The Morgan fingerprint density at radius 1 is 1.12 bits per heavy atom. The average molecular weight is 376 g/mol. The first kappa shape index (κ1) is 19.8. The fourth-order valence-electron chi connectivity index (χ4n) is 3.12. The fraction of sp³-hybridized carbons (Fsp3) is 0.882. The van der Waals surface area contributed by atoms with E-state index in [4.69, 9.17) is 9.47 Å². The highest BCUT2D eigenvalue weighted by molar-refractivity contribution is 8.77. The SMILES string of the molecule is CCOC(=O)NC1CCC(OC(=O)CCCC[C@H]2CCSS2)CC1. The maximum atomic E-state index is 11.9. The van der Waals surface area contributed by atoms with Gasteiger partial charge in [0.15, 0.2) is 0 Å². The number of hydrogen-bond donors (Lipinski definition) is 1. The molecule has 0 radical (unpaired) electrons. The topological polar surface area (TPSA) is 64.6 Å². The Balaban J connectivity index is 1.51. The van der Waals surface area contributed by atoms with E-state index in [0.29, 0.717) is 13.0 Å². The number of esters is 1. The molecule has 1 aliphatic heterocycles. The third-order valence-corrected chi connectivity index (χ3v) is 7.46. The highest BCUT2D eigenvalue weighted by Crippen LogP contribution is 2.39. The van der Waals surface area contributed by atoms with Crippen molar-refractivity contribution in [1.29, 1.82) is 0 Å². The number of rotatable bonds is 8. The van der Waals surface area contributed by atoms with Crippen molar-refractivity contribution in [2.24, 2.45) is 0 Å². The molecule has 1 N–H and O–H groups in total. The van der Waals surface area contributed by atoms with E-state index in [1.54, 1.807) is 6.92 Å². The summed E-state index contributed by atoms with van der Waals surface area (Å²) in [6.45, 7) is 2.18. The second-order valence-corrected chi connectivity index (χ2v) is 9.19. The van der Waals surface area contributed by atoms with E-state index in [9.17, 15) is 9.59 Å². The zero-order valence-electron chi connectivity index (χ0n) is 14.5. The Hall–Kier alpha value is -0.560. The molecule has 1 amide bonds. The Morgan fingerprint density at radius 3 is 2.58 bits per heavy atom. The average Bonchev–Trinajstić information content (AvgIpc) is 3.07. The normalized spacial score (nSPS) is 26.8.